The minimum absolute atomic E-state index is 0.0753. The van der Waals surface area contributed by atoms with E-state index in [4.69, 9.17) is 0 Å². The van der Waals surface area contributed by atoms with Crippen LogP contribution in [-0.4, -0.2) is 36.8 Å². The van der Waals surface area contributed by atoms with E-state index in [2.05, 4.69) is 25.0 Å². The number of aromatic nitrogens is 6. The minimum atomic E-state index is -5.03. The molecule has 33 heavy (non-hydrogen) atoms. The largest absolute Gasteiger partial charge is 0.418 e. The molecule has 172 valence electrons. The summed E-state index contributed by atoms with van der Waals surface area (Å²) in [4.78, 5) is 17.6. The Morgan fingerprint density at radius 1 is 0.909 bits per heavy atom. The third kappa shape index (κ3) is 4.17. The van der Waals surface area contributed by atoms with Crippen LogP contribution >= 0.6 is 0 Å². The predicted molar refractivity (Wildman–Crippen MR) is 106 cm³/mol. The zero-order valence-electron chi connectivity index (χ0n) is 17.1. The second kappa shape index (κ2) is 7.98. The number of rotatable bonds is 4. The summed E-state index contributed by atoms with van der Waals surface area (Å²) in [5.41, 5.74) is -3.36. The van der Waals surface area contributed by atoms with Crippen LogP contribution in [-0.2, 0) is 12.4 Å². The van der Waals surface area contributed by atoms with Crippen LogP contribution in [0.5, 0.6) is 0 Å². The van der Waals surface area contributed by atoms with Crippen molar-refractivity contribution in [1.29, 1.82) is 0 Å². The lowest BCUT2D eigenvalue weighted by Gasteiger charge is -2.28. The number of alkyl halides is 6. The highest BCUT2D eigenvalue weighted by Gasteiger charge is 2.39. The first kappa shape index (κ1) is 22.4. The van der Waals surface area contributed by atoms with Gasteiger partial charge in [0.25, 0.3) is 5.95 Å². The first-order valence-electron chi connectivity index (χ1n) is 9.45. The first-order valence-corrected chi connectivity index (χ1v) is 9.45. The van der Waals surface area contributed by atoms with E-state index in [1.807, 2.05) is 0 Å². The van der Waals surface area contributed by atoms with Crippen molar-refractivity contribution in [1.82, 2.24) is 29.7 Å². The molecule has 0 fully saturated rings. The summed E-state index contributed by atoms with van der Waals surface area (Å²) in [5, 5.41) is 3.79. The van der Waals surface area contributed by atoms with Crippen molar-refractivity contribution in [2.75, 3.05) is 11.9 Å². The highest BCUT2D eigenvalue weighted by Crippen LogP contribution is 2.42. The van der Waals surface area contributed by atoms with Gasteiger partial charge < -0.3 is 4.90 Å². The maximum atomic E-state index is 13.6. The molecule has 0 amide bonds. The summed E-state index contributed by atoms with van der Waals surface area (Å²) in [6, 6.07) is 3.06. The van der Waals surface area contributed by atoms with Gasteiger partial charge in [-0.25, -0.2) is 15.0 Å². The Labute approximate surface area is 182 Å². The molecule has 0 spiro atoms. The minimum Gasteiger partial charge on any atom is -0.364 e. The van der Waals surface area contributed by atoms with Gasteiger partial charge in [-0.05, 0) is 31.2 Å². The fraction of sp³-hybridized carbons (Fsp3) is 0.250. The molecule has 1 atom stereocenters. The molecule has 0 bridgehead atoms. The Kier molecular flexibility index (Phi) is 5.42. The second-order valence-corrected chi connectivity index (χ2v) is 7.11. The Hall–Kier alpha value is -3.77. The van der Waals surface area contributed by atoms with Gasteiger partial charge in [0, 0.05) is 36.7 Å². The molecule has 0 aliphatic carbocycles. The summed E-state index contributed by atoms with van der Waals surface area (Å²) in [6.07, 6.45) is -4.64. The smallest absolute Gasteiger partial charge is 0.364 e. The molecule has 0 aliphatic rings. The summed E-state index contributed by atoms with van der Waals surface area (Å²) < 4.78 is 82.3. The van der Waals surface area contributed by atoms with E-state index in [1.54, 1.807) is 13.0 Å². The van der Waals surface area contributed by atoms with E-state index in [1.165, 1.54) is 41.4 Å². The lowest BCUT2D eigenvalue weighted by atomic mass is 10.0. The number of halogens is 6. The van der Waals surface area contributed by atoms with Crippen molar-refractivity contribution in [3.63, 3.8) is 0 Å². The van der Waals surface area contributed by atoms with Gasteiger partial charge in [0.05, 0.1) is 22.7 Å². The molecule has 13 heteroatoms. The molecular weight excluding hydrogens is 452 g/mol. The fourth-order valence-corrected chi connectivity index (χ4v) is 3.40. The number of hydrogen-bond donors (Lipinski definition) is 0. The van der Waals surface area contributed by atoms with E-state index >= 15 is 0 Å². The average molecular weight is 467 g/mol. The summed E-state index contributed by atoms with van der Waals surface area (Å²) in [6.45, 7) is 1.67. The lowest BCUT2D eigenvalue weighted by Crippen LogP contribution is -2.25. The maximum Gasteiger partial charge on any atom is 0.418 e. The number of hydrogen-bond acceptors (Lipinski definition) is 6. The predicted octanol–water partition coefficient (Wildman–Crippen LogP) is 4.84. The molecule has 7 nitrogen and oxygen atoms in total. The molecule has 0 aliphatic heterocycles. The molecule has 1 aromatic carbocycles. The van der Waals surface area contributed by atoms with Crippen molar-refractivity contribution < 1.29 is 26.3 Å². The highest BCUT2D eigenvalue weighted by molar-refractivity contribution is 5.94. The van der Waals surface area contributed by atoms with Crippen LogP contribution < -0.4 is 4.90 Å². The van der Waals surface area contributed by atoms with E-state index in [-0.39, 0.29) is 23.1 Å². The van der Waals surface area contributed by atoms with Crippen LogP contribution in [0.1, 0.15) is 29.9 Å². The van der Waals surface area contributed by atoms with Crippen LogP contribution in [0.15, 0.2) is 49.2 Å². The number of nitrogens with zero attached hydrogens (tertiary/aromatic N) is 7. The van der Waals surface area contributed by atoms with Gasteiger partial charge in [0.2, 0.25) is 0 Å². The van der Waals surface area contributed by atoms with Gasteiger partial charge in [-0.3, -0.25) is 4.98 Å². The van der Waals surface area contributed by atoms with Crippen molar-refractivity contribution in [3.8, 4) is 5.95 Å². The molecule has 3 heterocycles. The normalized spacial score (nSPS) is 13.3. The van der Waals surface area contributed by atoms with E-state index in [0.29, 0.717) is 11.9 Å². The molecule has 0 unspecified atom stereocenters. The maximum absolute atomic E-state index is 13.6. The Balaban J connectivity index is 1.86. The molecule has 3 aromatic heterocycles. The standard InChI is InChI=1S/C20H15F6N7/c1-11(17-30-10-31-33(17)18-28-5-3-6-29-18)32(2)15-4-7-27-16-13(15)8-12(19(21,22)23)9-14(16)20(24,25)26/h3-11H,1-2H3/t11-/m0/s1. The van der Waals surface area contributed by atoms with Crippen molar-refractivity contribution in [3.05, 3.63) is 66.1 Å². The van der Waals surface area contributed by atoms with Crippen LogP contribution in [0.4, 0.5) is 32.0 Å². The third-order valence-electron chi connectivity index (χ3n) is 5.10. The SMILES string of the molecule is C[C@@H](c1ncnn1-c1ncccn1)N(C)c1ccnc2c(C(F)(F)F)cc(C(F)(F)F)cc12. The van der Waals surface area contributed by atoms with Crippen LogP contribution in [0.2, 0.25) is 0 Å². The van der Waals surface area contributed by atoms with Gasteiger partial charge in [0.1, 0.15) is 6.33 Å². The van der Waals surface area contributed by atoms with Gasteiger partial charge in [-0.1, -0.05) is 0 Å². The van der Waals surface area contributed by atoms with Gasteiger partial charge in [-0.15, -0.1) is 0 Å². The average Bonchev–Trinajstić information content (AvgIpc) is 3.26. The molecule has 0 saturated carbocycles. The van der Waals surface area contributed by atoms with E-state index < -0.39 is 35.0 Å². The fourth-order valence-electron chi connectivity index (χ4n) is 3.40. The molecule has 0 saturated heterocycles. The van der Waals surface area contributed by atoms with Gasteiger partial charge in [-0.2, -0.15) is 36.1 Å². The molecule has 4 rings (SSSR count). The molecule has 0 N–H and O–H groups in total. The number of benzene rings is 1. The monoisotopic (exact) mass is 467 g/mol. The van der Waals surface area contributed by atoms with Crippen LogP contribution in [0, 0.1) is 0 Å². The molecular formula is C20H15F6N7. The Bertz CT molecular complexity index is 1280. The number of fused-ring (bicyclic) bond motifs is 1. The summed E-state index contributed by atoms with van der Waals surface area (Å²) in [5.74, 6) is 0.542. The lowest BCUT2D eigenvalue weighted by molar-refractivity contribution is -0.142. The van der Waals surface area contributed by atoms with Crippen molar-refractivity contribution >= 4 is 16.6 Å². The molecule has 4 aromatic rings. The third-order valence-corrected chi connectivity index (χ3v) is 5.10. The zero-order valence-corrected chi connectivity index (χ0v) is 17.1. The van der Waals surface area contributed by atoms with Crippen molar-refractivity contribution in [2.45, 2.75) is 25.3 Å². The number of anilines is 1. The Morgan fingerprint density at radius 3 is 2.24 bits per heavy atom. The first-order chi connectivity index (χ1) is 15.5. The Morgan fingerprint density at radius 2 is 1.61 bits per heavy atom. The van der Waals surface area contributed by atoms with Gasteiger partial charge in [0.15, 0.2) is 5.82 Å². The second-order valence-electron chi connectivity index (χ2n) is 7.11. The summed E-state index contributed by atoms with van der Waals surface area (Å²) >= 11 is 0. The van der Waals surface area contributed by atoms with Gasteiger partial charge >= 0.3 is 12.4 Å². The summed E-state index contributed by atoms with van der Waals surface area (Å²) in [7, 11) is 1.53. The van der Waals surface area contributed by atoms with E-state index in [9.17, 15) is 26.3 Å². The quantitative estimate of drug-likeness (QED) is 0.400. The van der Waals surface area contributed by atoms with E-state index in [0.717, 1.165) is 6.20 Å². The number of pyridine rings is 1. The topological polar surface area (TPSA) is 72.6 Å². The van der Waals surface area contributed by atoms with Crippen LogP contribution in [0.3, 0.4) is 0 Å². The van der Waals surface area contributed by atoms with Crippen LogP contribution in [0.25, 0.3) is 16.9 Å². The highest BCUT2D eigenvalue weighted by atomic mass is 19.4. The molecule has 0 radical (unpaired) electrons. The van der Waals surface area contributed by atoms with Crippen molar-refractivity contribution in [2.24, 2.45) is 0 Å². The zero-order chi connectivity index (χ0) is 24.0.